The zero-order valence-corrected chi connectivity index (χ0v) is 21.1. The van der Waals surface area contributed by atoms with Crippen LogP contribution in [0.5, 0.6) is 0 Å². The number of carbonyl (C=O) groups excluding carboxylic acids is 2. The van der Waals surface area contributed by atoms with E-state index in [2.05, 4.69) is 10.4 Å². The minimum absolute atomic E-state index is 0.118. The maximum absolute atomic E-state index is 14.2. The van der Waals surface area contributed by atoms with Gasteiger partial charge < -0.3 is 14.8 Å². The molecule has 188 valence electrons. The monoisotopic (exact) mass is 513 g/mol. The fourth-order valence-electron chi connectivity index (χ4n) is 5.50. The molecule has 0 radical (unpaired) electrons. The molecule has 3 heterocycles. The Labute approximate surface area is 220 Å². The molecule has 7 nitrogen and oxygen atoms in total. The van der Waals surface area contributed by atoms with E-state index in [1.54, 1.807) is 21.8 Å². The van der Waals surface area contributed by atoms with Gasteiger partial charge in [0.2, 0.25) is 5.91 Å². The van der Waals surface area contributed by atoms with Crippen LogP contribution >= 0.6 is 11.6 Å². The Morgan fingerprint density at radius 1 is 0.973 bits per heavy atom. The highest BCUT2D eigenvalue weighted by molar-refractivity contribution is 6.31. The van der Waals surface area contributed by atoms with Crippen molar-refractivity contribution < 1.29 is 9.59 Å². The molecule has 2 aromatic carbocycles. The number of hydrogen-bond acceptors (Lipinski definition) is 3. The summed E-state index contributed by atoms with van der Waals surface area (Å²) >= 11 is 6.52. The highest BCUT2D eigenvalue weighted by Gasteiger charge is 2.40. The first-order valence-electron chi connectivity index (χ1n) is 12.8. The van der Waals surface area contributed by atoms with E-state index in [0.717, 1.165) is 36.9 Å². The maximum atomic E-state index is 14.2. The highest BCUT2D eigenvalue weighted by Crippen LogP contribution is 2.35. The molecule has 1 atom stereocenters. The van der Waals surface area contributed by atoms with E-state index in [1.165, 1.54) is 6.42 Å². The van der Waals surface area contributed by atoms with Gasteiger partial charge in [0.15, 0.2) is 11.9 Å². The Bertz CT molecular complexity index is 1440. The Balaban J connectivity index is 1.48. The van der Waals surface area contributed by atoms with Gasteiger partial charge in [0.05, 0.1) is 17.6 Å². The molecule has 0 spiro atoms. The summed E-state index contributed by atoms with van der Waals surface area (Å²) in [6, 6.07) is 20.3. The Kier molecular flexibility index (Phi) is 6.30. The van der Waals surface area contributed by atoms with Crippen LogP contribution in [0.4, 0.5) is 0 Å². The molecular formula is C29H28ClN5O2. The second-order valence-electron chi connectivity index (χ2n) is 9.70. The van der Waals surface area contributed by atoms with Crippen LogP contribution in [-0.2, 0) is 11.3 Å². The quantitative estimate of drug-likeness (QED) is 0.385. The highest BCUT2D eigenvalue weighted by atomic mass is 35.5. The molecule has 8 heteroatoms. The number of para-hydroxylation sites is 1. The van der Waals surface area contributed by atoms with Gasteiger partial charge in [-0.25, -0.2) is 4.68 Å². The molecule has 2 aliphatic rings. The molecule has 4 aromatic rings. The Hall–Kier alpha value is -3.84. The lowest BCUT2D eigenvalue weighted by atomic mass is 9.95. The van der Waals surface area contributed by atoms with Crippen molar-refractivity contribution in [3.63, 3.8) is 0 Å². The molecular weight excluding hydrogens is 486 g/mol. The van der Waals surface area contributed by atoms with Crippen molar-refractivity contribution >= 4 is 23.4 Å². The summed E-state index contributed by atoms with van der Waals surface area (Å²) in [5, 5.41) is 8.40. The third-order valence-corrected chi connectivity index (χ3v) is 7.70. The fourth-order valence-corrected chi connectivity index (χ4v) is 5.70. The van der Waals surface area contributed by atoms with Crippen LogP contribution in [0.2, 0.25) is 5.02 Å². The largest absolute Gasteiger partial charge is 0.351 e. The number of hydrogen-bond donors (Lipinski definition) is 1. The van der Waals surface area contributed by atoms with Gasteiger partial charge in [0, 0.05) is 23.8 Å². The predicted molar refractivity (Wildman–Crippen MR) is 142 cm³/mol. The van der Waals surface area contributed by atoms with Crippen molar-refractivity contribution in [3.8, 4) is 11.5 Å². The molecule has 1 aliphatic heterocycles. The fraction of sp³-hybridized carbons (Fsp3) is 0.276. The van der Waals surface area contributed by atoms with Crippen LogP contribution in [0.3, 0.4) is 0 Å². The first-order valence-corrected chi connectivity index (χ1v) is 13.2. The van der Waals surface area contributed by atoms with E-state index >= 15 is 0 Å². The third kappa shape index (κ3) is 4.33. The van der Waals surface area contributed by atoms with Crippen molar-refractivity contribution in [1.82, 2.24) is 24.6 Å². The first-order chi connectivity index (χ1) is 18.1. The summed E-state index contributed by atoms with van der Waals surface area (Å²) in [7, 11) is 0. The molecule has 1 unspecified atom stereocenters. The van der Waals surface area contributed by atoms with Gasteiger partial charge in [-0.1, -0.05) is 67.3 Å². The van der Waals surface area contributed by atoms with E-state index in [1.807, 2.05) is 71.4 Å². The van der Waals surface area contributed by atoms with Gasteiger partial charge in [0.25, 0.3) is 5.91 Å². The van der Waals surface area contributed by atoms with Gasteiger partial charge in [-0.05, 0) is 48.7 Å². The zero-order valence-electron chi connectivity index (χ0n) is 20.4. The molecule has 2 aromatic heterocycles. The zero-order chi connectivity index (χ0) is 25.4. The number of benzene rings is 2. The topological polar surface area (TPSA) is 72.2 Å². The normalized spacial score (nSPS) is 17.7. The summed E-state index contributed by atoms with van der Waals surface area (Å²) in [5.74, 6) is 0.189. The van der Waals surface area contributed by atoms with E-state index in [9.17, 15) is 9.59 Å². The molecule has 0 bridgehead atoms. The summed E-state index contributed by atoms with van der Waals surface area (Å²) in [5.41, 5.74) is 2.76. The first kappa shape index (κ1) is 23.6. The van der Waals surface area contributed by atoms with Crippen molar-refractivity contribution in [2.45, 2.75) is 50.7 Å². The molecule has 1 saturated carbocycles. The van der Waals surface area contributed by atoms with Crippen LogP contribution in [0, 0.1) is 0 Å². The number of rotatable bonds is 5. The third-order valence-electron chi connectivity index (χ3n) is 7.33. The lowest BCUT2D eigenvalue weighted by Gasteiger charge is -2.32. The molecule has 2 amide bonds. The lowest BCUT2D eigenvalue weighted by molar-refractivity contribution is -0.127. The summed E-state index contributed by atoms with van der Waals surface area (Å²) in [6.45, 7) is 0.197. The second kappa shape index (κ2) is 9.90. The molecule has 1 aliphatic carbocycles. The number of amides is 2. The van der Waals surface area contributed by atoms with E-state index in [4.69, 9.17) is 11.6 Å². The Morgan fingerprint density at radius 3 is 2.51 bits per heavy atom. The van der Waals surface area contributed by atoms with Crippen LogP contribution in [0.25, 0.3) is 11.5 Å². The number of carbonyl (C=O) groups is 2. The van der Waals surface area contributed by atoms with Crippen LogP contribution < -0.4 is 5.32 Å². The number of fused-ring (bicyclic) bond motifs is 3. The van der Waals surface area contributed by atoms with Crippen LogP contribution in [0.1, 0.15) is 59.8 Å². The van der Waals surface area contributed by atoms with E-state index in [-0.39, 0.29) is 24.4 Å². The standard InChI is InChI=1S/C29H28ClN5O2/c30-24-15-8-7-10-20(24)19-34-26(27(36)32-21-11-3-1-4-12-21)25-16-9-17-33(25)28-23(29(34)37)18-31-35(28)22-13-5-2-6-14-22/h2,5-10,13-18,21,26H,1,3-4,11-12,19H2,(H,32,36). The predicted octanol–water partition coefficient (Wildman–Crippen LogP) is 5.46. The van der Waals surface area contributed by atoms with Crippen molar-refractivity contribution in [1.29, 1.82) is 0 Å². The maximum Gasteiger partial charge on any atom is 0.260 e. The van der Waals surface area contributed by atoms with E-state index < -0.39 is 6.04 Å². The summed E-state index contributed by atoms with van der Waals surface area (Å²) in [6.07, 6.45) is 8.81. The van der Waals surface area contributed by atoms with Crippen molar-refractivity contribution in [3.05, 3.63) is 101 Å². The van der Waals surface area contributed by atoms with Gasteiger partial charge in [-0.3, -0.25) is 9.59 Å². The number of nitrogens with zero attached hydrogens (tertiary/aromatic N) is 4. The van der Waals surface area contributed by atoms with Gasteiger partial charge in [0.1, 0.15) is 5.56 Å². The average molecular weight is 514 g/mol. The second-order valence-corrected chi connectivity index (χ2v) is 10.1. The van der Waals surface area contributed by atoms with Gasteiger partial charge in [-0.2, -0.15) is 5.10 Å². The SMILES string of the molecule is O=C(NC1CCCCC1)C1c2cccn2-c2c(cnn2-c2ccccc2)C(=O)N1Cc1ccccc1Cl. The smallest absolute Gasteiger partial charge is 0.260 e. The average Bonchev–Trinajstić information content (AvgIpc) is 3.55. The van der Waals surface area contributed by atoms with Crippen LogP contribution in [0.15, 0.2) is 79.1 Å². The van der Waals surface area contributed by atoms with Gasteiger partial charge in [-0.15, -0.1) is 0 Å². The summed E-state index contributed by atoms with van der Waals surface area (Å²) in [4.78, 5) is 29.8. The van der Waals surface area contributed by atoms with Crippen molar-refractivity contribution in [2.24, 2.45) is 0 Å². The molecule has 6 rings (SSSR count). The number of halogens is 1. The van der Waals surface area contributed by atoms with Crippen LogP contribution in [-0.4, -0.2) is 37.1 Å². The van der Waals surface area contributed by atoms with Gasteiger partial charge >= 0.3 is 0 Å². The number of nitrogens with one attached hydrogen (secondary N) is 1. The minimum atomic E-state index is -0.822. The molecule has 1 N–H and O–H groups in total. The van der Waals surface area contributed by atoms with Crippen molar-refractivity contribution in [2.75, 3.05) is 0 Å². The Morgan fingerprint density at radius 2 is 1.73 bits per heavy atom. The lowest BCUT2D eigenvalue weighted by Crippen LogP contribution is -2.46. The molecule has 37 heavy (non-hydrogen) atoms. The molecule has 1 fully saturated rings. The minimum Gasteiger partial charge on any atom is -0.351 e. The van der Waals surface area contributed by atoms with E-state index in [0.29, 0.717) is 22.1 Å². The molecule has 0 saturated heterocycles. The summed E-state index contributed by atoms with van der Waals surface area (Å²) < 4.78 is 3.68. The number of aromatic nitrogens is 3.